The van der Waals surface area contributed by atoms with Gasteiger partial charge in [0.05, 0.1) is 26.2 Å². The number of hydrogen-bond donors (Lipinski definition) is 0. The highest BCUT2D eigenvalue weighted by molar-refractivity contribution is 5.98. The molecular formula is C15H17FO5. The summed E-state index contributed by atoms with van der Waals surface area (Å²) in [6.45, 7) is 0.953. The van der Waals surface area contributed by atoms with Crippen LogP contribution in [0.5, 0.6) is 0 Å². The third kappa shape index (κ3) is 4.34. The van der Waals surface area contributed by atoms with Gasteiger partial charge in [-0.3, -0.25) is 9.59 Å². The molecule has 1 aliphatic rings. The second-order valence-electron chi connectivity index (χ2n) is 4.76. The Morgan fingerprint density at radius 1 is 1.29 bits per heavy atom. The van der Waals surface area contributed by atoms with Crippen LogP contribution in [0.3, 0.4) is 0 Å². The van der Waals surface area contributed by atoms with E-state index in [1.165, 1.54) is 31.4 Å². The van der Waals surface area contributed by atoms with Crippen molar-refractivity contribution >= 4 is 11.8 Å². The predicted molar refractivity (Wildman–Crippen MR) is 71.2 cm³/mol. The molecule has 1 aromatic carbocycles. The number of halogens is 1. The number of carbonyl (C=O) groups is 2. The van der Waals surface area contributed by atoms with Crippen molar-refractivity contribution in [2.24, 2.45) is 5.92 Å². The van der Waals surface area contributed by atoms with E-state index >= 15 is 0 Å². The molecule has 0 aromatic heterocycles. The molecule has 1 unspecified atom stereocenters. The monoisotopic (exact) mass is 296 g/mol. The molecule has 0 N–H and O–H groups in total. The third-order valence-electron chi connectivity index (χ3n) is 3.30. The SMILES string of the molecule is COC(=O)C(CC(=O)c1ccc(F)cc1)CC1OCCO1. The van der Waals surface area contributed by atoms with Gasteiger partial charge in [-0.25, -0.2) is 4.39 Å². The van der Waals surface area contributed by atoms with E-state index in [1.54, 1.807) is 0 Å². The summed E-state index contributed by atoms with van der Waals surface area (Å²) in [5, 5.41) is 0. The summed E-state index contributed by atoms with van der Waals surface area (Å²) >= 11 is 0. The van der Waals surface area contributed by atoms with Crippen molar-refractivity contribution in [3.8, 4) is 0 Å². The first-order chi connectivity index (χ1) is 10.1. The van der Waals surface area contributed by atoms with Crippen molar-refractivity contribution in [2.45, 2.75) is 19.1 Å². The van der Waals surface area contributed by atoms with Crippen molar-refractivity contribution < 1.29 is 28.2 Å². The van der Waals surface area contributed by atoms with Crippen molar-refractivity contribution in [3.05, 3.63) is 35.6 Å². The molecule has 0 amide bonds. The average Bonchev–Trinajstić information content (AvgIpc) is 2.99. The van der Waals surface area contributed by atoms with E-state index in [-0.39, 0.29) is 18.6 Å². The van der Waals surface area contributed by atoms with Crippen LogP contribution < -0.4 is 0 Å². The molecule has 2 rings (SSSR count). The number of hydrogen-bond acceptors (Lipinski definition) is 5. The van der Waals surface area contributed by atoms with E-state index in [9.17, 15) is 14.0 Å². The highest BCUT2D eigenvalue weighted by Gasteiger charge is 2.29. The maximum absolute atomic E-state index is 12.8. The van der Waals surface area contributed by atoms with E-state index in [4.69, 9.17) is 14.2 Å². The molecule has 1 heterocycles. The highest BCUT2D eigenvalue weighted by Crippen LogP contribution is 2.21. The number of methoxy groups -OCH3 is 1. The Morgan fingerprint density at radius 2 is 1.90 bits per heavy atom. The fourth-order valence-corrected chi connectivity index (χ4v) is 2.18. The Labute approximate surface area is 122 Å². The molecule has 5 nitrogen and oxygen atoms in total. The van der Waals surface area contributed by atoms with Gasteiger partial charge in [0.25, 0.3) is 0 Å². The lowest BCUT2D eigenvalue weighted by Crippen LogP contribution is -2.25. The Bertz CT molecular complexity index is 493. The Morgan fingerprint density at radius 3 is 2.48 bits per heavy atom. The molecule has 1 fully saturated rings. The first-order valence-electron chi connectivity index (χ1n) is 6.70. The summed E-state index contributed by atoms with van der Waals surface area (Å²) in [4.78, 5) is 23.9. The fourth-order valence-electron chi connectivity index (χ4n) is 2.18. The van der Waals surface area contributed by atoms with E-state index in [1.807, 2.05) is 0 Å². The highest BCUT2D eigenvalue weighted by atomic mass is 19.1. The van der Waals surface area contributed by atoms with E-state index < -0.39 is 24.0 Å². The van der Waals surface area contributed by atoms with Crippen LogP contribution in [0.4, 0.5) is 4.39 Å². The average molecular weight is 296 g/mol. The van der Waals surface area contributed by atoms with Crippen LogP contribution in [0.25, 0.3) is 0 Å². The minimum absolute atomic E-state index is 0.0263. The normalized spacial score (nSPS) is 16.7. The number of carbonyl (C=O) groups excluding carboxylic acids is 2. The molecule has 1 atom stereocenters. The zero-order valence-electron chi connectivity index (χ0n) is 11.7. The Balaban J connectivity index is 2.01. The molecule has 0 aliphatic carbocycles. The Kier molecular flexibility index (Phi) is 5.41. The molecule has 1 aromatic rings. The van der Waals surface area contributed by atoms with Crippen LogP contribution in [0.1, 0.15) is 23.2 Å². The largest absolute Gasteiger partial charge is 0.469 e. The van der Waals surface area contributed by atoms with Crippen LogP contribution in [-0.4, -0.2) is 38.4 Å². The van der Waals surface area contributed by atoms with Crippen LogP contribution in [0.15, 0.2) is 24.3 Å². The summed E-state index contributed by atoms with van der Waals surface area (Å²) in [7, 11) is 1.27. The maximum Gasteiger partial charge on any atom is 0.309 e. The lowest BCUT2D eigenvalue weighted by Gasteiger charge is -2.17. The van der Waals surface area contributed by atoms with Gasteiger partial charge in [-0.05, 0) is 24.3 Å². The van der Waals surface area contributed by atoms with E-state index in [2.05, 4.69) is 0 Å². The van der Waals surface area contributed by atoms with Crippen LogP contribution in [0, 0.1) is 11.7 Å². The van der Waals surface area contributed by atoms with Gasteiger partial charge in [-0.1, -0.05) is 0 Å². The summed E-state index contributed by atoms with van der Waals surface area (Å²) in [6, 6.07) is 5.22. The lowest BCUT2D eigenvalue weighted by molar-refractivity contribution is -0.149. The van der Waals surface area contributed by atoms with Gasteiger partial charge in [-0.2, -0.15) is 0 Å². The fraction of sp³-hybridized carbons (Fsp3) is 0.467. The van der Waals surface area contributed by atoms with E-state index in [0.29, 0.717) is 18.8 Å². The van der Waals surface area contributed by atoms with Gasteiger partial charge in [0.15, 0.2) is 12.1 Å². The molecule has 6 heteroatoms. The number of benzene rings is 1. The van der Waals surface area contributed by atoms with Gasteiger partial charge in [-0.15, -0.1) is 0 Å². The minimum atomic E-state index is -0.643. The van der Waals surface area contributed by atoms with Crippen molar-refractivity contribution in [1.82, 2.24) is 0 Å². The quantitative estimate of drug-likeness (QED) is 0.593. The second-order valence-corrected chi connectivity index (χ2v) is 4.76. The molecule has 1 aliphatic heterocycles. The summed E-state index contributed by atoms with van der Waals surface area (Å²) in [5.41, 5.74) is 0.360. The zero-order chi connectivity index (χ0) is 15.2. The van der Waals surface area contributed by atoms with Crippen molar-refractivity contribution in [3.63, 3.8) is 0 Å². The number of rotatable bonds is 6. The molecule has 0 bridgehead atoms. The van der Waals surface area contributed by atoms with Gasteiger partial charge in [0.1, 0.15) is 5.82 Å². The molecule has 1 saturated heterocycles. The number of ether oxygens (including phenoxy) is 3. The topological polar surface area (TPSA) is 61.8 Å². The van der Waals surface area contributed by atoms with Crippen molar-refractivity contribution in [2.75, 3.05) is 20.3 Å². The first-order valence-corrected chi connectivity index (χ1v) is 6.70. The lowest BCUT2D eigenvalue weighted by atomic mass is 9.95. The van der Waals surface area contributed by atoms with Crippen molar-refractivity contribution in [1.29, 1.82) is 0 Å². The minimum Gasteiger partial charge on any atom is -0.469 e. The maximum atomic E-state index is 12.8. The molecule has 0 radical (unpaired) electrons. The number of ketones is 1. The van der Waals surface area contributed by atoms with Gasteiger partial charge < -0.3 is 14.2 Å². The van der Waals surface area contributed by atoms with Crippen LogP contribution >= 0.6 is 0 Å². The summed E-state index contributed by atoms with van der Waals surface area (Å²) in [6.07, 6.45) is -0.253. The number of esters is 1. The van der Waals surface area contributed by atoms with Gasteiger partial charge in [0, 0.05) is 18.4 Å². The second kappa shape index (κ2) is 7.28. The summed E-state index contributed by atoms with van der Waals surface area (Å²) in [5.74, 6) is -1.78. The molecule has 0 saturated carbocycles. The standard InChI is InChI=1S/C15H17FO5/c1-19-15(18)11(9-14-20-6-7-21-14)8-13(17)10-2-4-12(16)5-3-10/h2-5,11,14H,6-9H2,1H3. The third-order valence-corrected chi connectivity index (χ3v) is 3.30. The number of Topliss-reactive ketones (excluding diaryl/α,β-unsaturated/α-hetero) is 1. The smallest absolute Gasteiger partial charge is 0.309 e. The van der Waals surface area contributed by atoms with Gasteiger partial charge in [0.2, 0.25) is 0 Å². The van der Waals surface area contributed by atoms with Crippen LogP contribution in [-0.2, 0) is 19.0 Å². The molecule has 0 spiro atoms. The van der Waals surface area contributed by atoms with Crippen LogP contribution in [0.2, 0.25) is 0 Å². The molecule has 21 heavy (non-hydrogen) atoms. The summed E-state index contributed by atoms with van der Waals surface area (Å²) < 4.78 is 28.1. The molecular weight excluding hydrogens is 279 g/mol. The Hall–Kier alpha value is -1.79. The zero-order valence-corrected chi connectivity index (χ0v) is 11.7. The van der Waals surface area contributed by atoms with E-state index in [0.717, 1.165) is 0 Å². The molecule has 114 valence electrons. The first kappa shape index (κ1) is 15.6. The predicted octanol–water partition coefficient (Wildman–Crippen LogP) is 1.95. The van der Waals surface area contributed by atoms with Gasteiger partial charge >= 0.3 is 5.97 Å².